The van der Waals surface area contributed by atoms with E-state index in [1.54, 1.807) is 23.6 Å². The van der Waals surface area contributed by atoms with Crippen molar-refractivity contribution in [1.82, 2.24) is 4.98 Å². The molecule has 1 aliphatic heterocycles. The number of carbonyl (C=O) groups excluding carboxylic acids is 1. The molecule has 1 aromatic heterocycles. The maximum Gasteiger partial charge on any atom is 0.230 e. The van der Waals surface area contributed by atoms with Crippen LogP contribution in [0.3, 0.4) is 0 Å². The number of nitrogens with two attached hydrogens (primary N) is 1. The van der Waals surface area contributed by atoms with Crippen molar-refractivity contribution in [2.24, 2.45) is 0 Å². The number of rotatable bonds is 3. The zero-order valence-electron chi connectivity index (χ0n) is 10.6. The molecule has 1 amide bonds. The average molecular weight is 291 g/mol. The predicted molar refractivity (Wildman–Crippen MR) is 76.3 cm³/mol. The number of nitrogen functional groups attached to an aromatic ring is 1. The van der Waals surface area contributed by atoms with Gasteiger partial charge in [-0.1, -0.05) is 0 Å². The number of aromatic nitrogens is 1. The van der Waals surface area contributed by atoms with Crippen LogP contribution in [0.1, 0.15) is 5.69 Å². The summed E-state index contributed by atoms with van der Waals surface area (Å²) in [6.07, 6.45) is 0.197. The Morgan fingerprint density at radius 1 is 1.35 bits per heavy atom. The van der Waals surface area contributed by atoms with E-state index in [2.05, 4.69) is 10.3 Å². The number of benzene rings is 1. The van der Waals surface area contributed by atoms with Crippen LogP contribution in [0.5, 0.6) is 11.5 Å². The fourth-order valence-corrected chi connectivity index (χ4v) is 2.46. The third kappa shape index (κ3) is 2.83. The first-order valence-corrected chi connectivity index (χ1v) is 6.98. The van der Waals surface area contributed by atoms with Crippen LogP contribution >= 0.6 is 11.3 Å². The van der Waals surface area contributed by atoms with Gasteiger partial charge < -0.3 is 20.5 Å². The topological polar surface area (TPSA) is 86.5 Å². The van der Waals surface area contributed by atoms with Gasteiger partial charge in [0.15, 0.2) is 16.6 Å². The minimum Gasteiger partial charge on any atom is -0.486 e. The Kier molecular flexibility index (Phi) is 3.42. The van der Waals surface area contributed by atoms with Crippen molar-refractivity contribution in [2.75, 3.05) is 24.3 Å². The summed E-state index contributed by atoms with van der Waals surface area (Å²) in [5, 5.41) is 5.04. The van der Waals surface area contributed by atoms with E-state index in [0.717, 1.165) is 0 Å². The highest BCUT2D eigenvalue weighted by molar-refractivity contribution is 7.13. The van der Waals surface area contributed by atoms with Crippen molar-refractivity contribution in [3.63, 3.8) is 0 Å². The first-order valence-electron chi connectivity index (χ1n) is 6.10. The average Bonchev–Trinajstić information content (AvgIpc) is 2.83. The molecule has 0 saturated carbocycles. The fraction of sp³-hybridized carbons (Fsp3) is 0.231. The number of ether oxygens (including phenoxy) is 2. The number of fused-ring (bicyclic) bond motifs is 1. The molecule has 1 aromatic carbocycles. The number of amides is 1. The van der Waals surface area contributed by atoms with Crippen LogP contribution in [0.2, 0.25) is 0 Å². The normalized spacial score (nSPS) is 13.0. The van der Waals surface area contributed by atoms with Gasteiger partial charge in [-0.2, -0.15) is 0 Å². The molecule has 0 spiro atoms. The van der Waals surface area contributed by atoms with E-state index in [1.807, 2.05) is 0 Å². The number of nitrogens with one attached hydrogen (secondary N) is 1. The third-order valence-corrected chi connectivity index (χ3v) is 3.46. The lowest BCUT2D eigenvalue weighted by molar-refractivity contribution is -0.115. The monoisotopic (exact) mass is 291 g/mol. The van der Waals surface area contributed by atoms with Crippen LogP contribution in [0.15, 0.2) is 23.6 Å². The number of nitrogens with zero attached hydrogens (tertiary/aromatic N) is 1. The largest absolute Gasteiger partial charge is 0.486 e. The summed E-state index contributed by atoms with van der Waals surface area (Å²) in [6.45, 7) is 1.06. The van der Waals surface area contributed by atoms with Crippen LogP contribution in [-0.2, 0) is 11.2 Å². The molecule has 104 valence electrons. The van der Waals surface area contributed by atoms with Crippen LogP contribution in [0, 0.1) is 0 Å². The first kappa shape index (κ1) is 12.7. The summed E-state index contributed by atoms with van der Waals surface area (Å²) in [4.78, 5) is 16.0. The van der Waals surface area contributed by atoms with Gasteiger partial charge in [0.2, 0.25) is 5.91 Å². The van der Waals surface area contributed by atoms with E-state index in [1.165, 1.54) is 11.3 Å². The highest BCUT2D eigenvalue weighted by Crippen LogP contribution is 2.32. The van der Waals surface area contributed by atoms with Crippen LogP contribution in [-0.4, -0.2) is 24.1 Å². The molecule has 3 rings (SSSR count). The second-order valence-electron chi connectivity index (χ2n) is 4.26. The first-order chi connectivity index (χ1) is 9.70. The number of thiazole rings is 1. The number of anilines is 2. The van der Waals surface area contributed by atoms with Gasteiger partial charge in [0.05, 0.1) is 12.1 Å². The van der Waals surface area contributed by atoms with Gasteiger partial charge in [0.1, 0.15) is 13.2 Å². The molecule has 20 heavy (non-hydrogen) atoms. The standard InChI is InChI=1S/C13H13N3O3S/c14-13-16-9(7-20-13)6-12(17)15-8-1-2-10-11(5-8)19-4-3-18-10/h1-2,5,7H,3-4,6H2,(H2,14,16)(H,15,17). The molecule has 0 atom stereocenters. The molecule has 0 fully saturated rings. The molecule has 0 aliphatic carbocycles. The minimum atomic E-state index is -0.146. The summed E-state index contributed by atoms with van der Waals surface area (Å²) in [6, 6.07) is 5.31. The van der Waals surface area contributed by atoms with Crippen LogP contribution < -0.4 is 20.5 Å². The smallest absolute Gasteiger partial charge is 0.230 e. The van der Waals surface area contributed by atoms with Crippen molar-refractivity contribution in [2.45, 2.75) is 6.42 Å². The van der Waals surface area contributed by atoms with Gasteiger partial charge in [0.25, 0.3) is 0 Å². The van der Waals surface area contributed by atoms with Crippen molar-refractivity contribution in [1.29, 1.82) is 0 Å². The Bertz CT molecular complexity index is 642. The molecular formula is C13H13N3O3S. The third-order valence-electron chi connectivity index (χ3n) is 2.74. The molecule has 0 unspecified atom stereocenters. The quantitative estimate of drug-likeness (QED) is 0.898. The SMILES string of the molecule is Nc1nc(CC(=O)Nc2ccc3c(c2)OCCO3)cs1. The molecule has 7 heteroatoms. The highest BCUT2D eigenvalue weighted by Gasteiger charge is 2.13. The molecule has 2 heterocycles. The predicted octanol–water partition coefficient (Wildman–Crippen LogP) is 1.68. The number of carbonyl (C=O) groups is 1. The molecule has 1 aliphatic rings. The Hall–Kier alpha value is -2.28. The zero-order valence-corrected chi connectivity index (χ0v) is 11.4. The van der Waals surface area contributed by atoms with Gasteiger partial charge in [0, 0.05) is 17.1 Å². The fourth-order valence-electron chi connectivity index (χ4n) is 1.89. The lowest BCUT2D eigenvalue weighted by Crippen LogP contribution is -2.17. The number of hydrogen-bond donors (Lipinski definition) is 2. The van der Waals surface area contributed by atoms with Gasteiger partial charge >= 0.3 is 0 Å². The summed E-state index contributed by atoms with van der Waals surface area (Å²) >= 11 is 1.32. The van der Waals surface area contributed by atoms with E-state index in [-0.39, 0.29) is 12.3 Å². The van der Waals surface area contributed by atoms with Gasteiger partial charge in [-0.15, -0.1) is 11.3 Å². The number of hydrogen-bond acceptors (Lipinski definition) is 6. The highest BCUT2D eigenvalue weighted by atomic mass is 32.1. The molecule has 2 aromatic rings. The second kappa shape index (κ2) is 5.38. The lowest BCUT2D eigenvalue weighted by Gasteiger charge is -2.18. The molecule has 0 radical (unpaired) electrons. The lowest BCUT2D eigenvalue weighted by atomic mass is 10.2. The minimum absolute atomic E-state index is 0.146. The molecule has 0 bridgehead atoms. The van der Waals surface area contributed by atoms with Crippen molar-refractivity contribution in [3.8, 4) is 11.5 Å². The van der Waals surface area contributed by atoms with E-state index in [0.29, 0.717) is 41.2 Å². The molecular weight excluding hydrogens is 278 g/mol. The Labute approximate surface area is 119 Å². The molecule has 6 nitrogen and oxygen atoms in total. The summed E-state index contributed by atoms with van der Waals surface area (Å²) in [7, 11) is 0. The van der Waals surface area contributed by atoms with E-state index >= 15 is 0 Å². The van der Waals surface area contributed by atoms with Crippen LogP contribution in [0.4, 0.5) is 10.8 Å². The Balaban J connectivity index is 1.66. The van der Waals surface area contributed by atoms with E-state index in [4.69, 9.17) is 15.2 Å². The van der Waals surface area contributed by atoms with Gasteiger partial charge in [-0.3, -0.25) is 4.79 Å². The second-order valence-corrected chi connectivity index (χ2v) is 5.15. The van der Waals surface area contributed by atoms with Gasteiger partial charge in [-0.25, -0.2) is 4.98 Å². The van der Waals surface area contributed by atoms with E-state index in [9.17, 15) is 4.79 Å². The van der Waals surface area contributed by atoms with E-state index < -0.39 is 0 Å². The maximum absolute atomic E-state index is 11.9. The van der Waals surface area contributed by atoms with Crippen molar-refractivity contribution in [3.05, 3.63) is 29.3 Å². The summed E-state index contributed by atoms with van der Waals surface area (Å²) in [5.74, 6) is 1.19. The van der Waals surface area contributed by atoms with Gasteiger partial charge in [-0.05, 0) is 12.1 Å². The molecule has 3 N–H and O–H groups in total. The summed E-state index contributed by atoms with van der Waals surface area (Å²) < 4.78 is 10.9. The Morgan fingerprint density at radius 2 is 2.15 bits per heavy atom. The zero-order chi connectivity index (χ0) is 13.9. The maximum atomic E-state index is 11.9. The summed E-state index contributed by atoms with van der Waals surface area (Å²) in [5.41, 5.74) is 6.87. The van der Waals surface area contributed by atoms with Crippen molar-refractivity contribution < 1.29 is 14.3 Å². The van der Waals surface area contributed by atoms with Crippen LogP contribution in [0.25, 0.3) is 0 Å². The Morgan fingerprint density at radius 3 is 2.90 bits per heavy atom. The molecule has 0 saturated heterocycles. The van der Waals surface area contributed by atoms with Crippen molar-refractivity contribution >= 4 is 28.1 Å².